The Morgan fingerprint density at radius 2 is 2.00 bits per heavy atom. The molecule has 0 amide bonds. The molecule has 0 aliphatic carbocycles. The number of nitrogen functional groups attached to an aromatic ring is 1. The summed E-state index contributed by atoms with van der Waals surface area (Å²) in [5.74, 6) is 0.108. The maximum atomic E-state index is 12.3. The quantitative estimate of drug-likeness (QED) is 0.804. The number of hydrogen-bond donors (Lipinski definition) is 2. The Morgan fingerprint density at radius 3 is 2.58 bits per heavy atom. The average Bonchev–Trinajstić information content (AvgIpc) is 2.35. The summed E-state index contributed by atoms with van der Waals surface area (Å²) < 4.78 is 25.9. The average molecular weight is 284 g/mol. The van der Waals surface area contributed by atoms with Crippen molar-refractivity contribution in [3.63, 3.8) is 0 Å². The molecular formula is C13H20N2O3S. The van der Waals surface area contributed by atoms with Gasteiger partial charge in [-0.25, -0.2) is 8.42 Å². The van der Waals surface area contributed by atoms with E-state index in [1.54, 1.807) is 24.3 Å². The van der Waals surface area contributed by atoms with Gasteiger partial charge < -0.3 is 10.8 Å². The van der Waals surface area contributed by atoms with Gasteiger partial charge in [0.05, 0.1) is 11.9 Å². The number of piperidine rings is 1. The van der Waals surface area contributed by atoms with Crippen LogP contribution in [-0.4, -0.2) is 37.0 Å². The predicted octanol–water partition coefficient (Wildman–Crippen LogP) is 0.801. The number of β-amino-alcohol motifs (C(OH)–C–C–N with tert-alkyl or cyclic N) is 1. The Bertz CT molecular complexity index is 527. The highest BCUT2D eigenvalue weighted by Crippen LogP contribution is 2.21. The number of nitrogens with zero attached hydrogens (tertiary/aromatic N) is 1. The molecule has 0 bridgehead atoms. The van der Waals surface area contributed by atoms with E-state index in [0.29, 0.717) is 24.2 Å². The third-order valence-corrected chi connectivity index (χ3v) is 5.42. The van der Waals surface area contributed by atoms with Gasteiger partial charge in [0.25, 0.3) is 0 Å². The summed E-state index contributed by atoms with van der Waals surface area (Å²) in [4.78, 5) is 0. The third-order valence-electron chi connectivity index (χ3n) is 3.60. The topological polar surface area (TPSA) is 83.6 Å². The van der Waals surface area contributed by atoms with Crippen molar-refractivity contribution < 1.29 is 13.5 Å². The number of anilines is 1. The van der Waals surface area contributed by atoms with E-state index in [2.05, 4.69) is 0 Å². The van der Waals surface area contributed by atoms with Gasteiger partial charge in [-0.3, -0.25) is 0 Å². The molecule has 1 heterocycles. The van der Waals surface area contributed by atoms with Crippen molar-refractivity contribution in [3.05, 3.63) is 29.8 Å². The van der Waals surface area contributed by atoms with Crippen molar-refractivity contribution in [1.29, 1.82) is 0 Å². The second kappa shape index (κ2) is 5.48. The number of hydrogen-bond acceptors (Lipinski definition) is 4. The van der Waals surface area contributed by atoms with Gasteiger partial charge in [0.15, 0.2) is 0 Å². The Balaban J connectivity index is 2.08. The summed E-state index contributed by atoms with van der Waals surface area (Å²) in [7, 11) is -3.37. The first-order valence-corrected chi connectivity index (χ1v) is 8.00. The molecule has 1 aliphatic heterocycles. The van der Waals surface area contributed by atoms with E-state index in [1.165, 1.54) is 4.31 Å². The minimum absolute atomic E-state index is 0.0472. The normalized spacial score (nSPS) is 25.4. The molecule has 1 aliphatic rings. The molecule has 1 saturated heterocycles. The van der Waals surface area contributed by atoms with Gasteiger partial charge in [0, 0.05) is 18.8 Å². The van der Waals surface area contributed by atoms with Crippen LogP contribution in [-0.2, 0) is 15.8 Å². The van der Waals surface area contributed by atoms with Crippen molar-refractivity contribution >= 4 is 15.7 Å². The lowest BCUT2D eigenvalue weighted by Gasteiger charge is -2.33. The van der Waals surface area contributed by atoms with E-state index in [1.807, 2.05) is 6.92 Å². The van der Waals surface area contributed by atoms with E-state index in [-0.39, 0.29) is 18.2 Å². The van der Waals surface area contributed by atoms with Gasteiger partial charge in [-0.15, -0.1) is 0 Å². The van der Waals surface area contributed by atoms with E-state index < -0.39 is 16.1 Å². The molecular weight excluding hydrogens is 264 g/mol. The molecule has 2 rings (SSSR count). The molecule has 6 heteroatoms. The largest absolute Gasteiger partial charge is 0.399 e. The van der Waals surface area contributed by atoms with Crippen molar-refractivity contribution in [2.45, 2.75) is 25.2 Å². The van der Waals surface area contributed by atoms with Crippen LogP contribution in [0.15, 0.2) is 24.3 Å². The zero-order valence-electron chi connectivity index (χ0n) is 11.0. The predicted molar refractivity (Wildman–Crippen MR) is 74.8 cm³/mol. The molecule has 0 radical (unpaired) electrons. The first-order valence-electron chi connectivity index (χ1n) is 6.39. The number of nitrogens with two attached hydrogens (primary N) is 1. The highest BCUT2D eigenvalue weighted by Gasteiger charge is 2.31. The van der Waals surface area contributed by atoms with Crippen LogP contribution in [0.5, 0.6) is 0 Å². The van der Waals surface area contributed by atoms with Gasteiger partial charge in [-0.05, 0) is 30.0 Å². The molecule has 0 aromatic heterocycles. The van der Waals surface area contributed by atoms with Crippen LogP contribution < -0.4 is 5.73 Å². The monoisotopic (exact) mass is 284 g/mol. The Morgan fingerprint density at radius 1 is 1.37 bits per heavy atom. The molecule has 19 heavy (non-hydrogen) atoms. The van der Waals surface area contributed by atoms with Crippen molar-refractivity contribution in [2.75, 3.05) is 18.8 Å². The maximum absolute atomic E-state index is 12.3. The van der Waals surface area contributed by atoms with Gasteiger partial charge in [-0.2, -0.15) is 4.31 Å². The van der Waals surface area contributed by atoms with Gasteiger partial charge in [0.2, 0.25) is 10.0 Å². The zero-order chi connectivity index (χ0) is 14.0. The minimum atomic E-state index is -3.37. The molecule has 5 nitrogen and oxygen atoms in total. The lowest BCUT2D eigenvalue weighted by Crippen LogP contribution is -2.46. The Kier molecular flexibility index (Phi) is 4.13. The van der Waals surface area contributed by atoms with Gasteiger partial charge in [-0.1, -0.05) is 19.1 Å². The standard InChI is InChI=1S/C13H20N2O3S/c1-10-6-7-15(8-13(10)16)19(17,18)9-11-2-4-12(14)5-3-11/h2-5,10,13,16H,6-9,14H2,1H3. The first kappa shape index (κ1) is 14.3. The maximum Gasteiger partial charge on any atom is 0.218 e. The van der Waals surface area contributed by atoms with Crippen molar-refractivity contribution in [2.24, 2.45) is 5.92 Å². The van der Waals surface area contributed by atoms with E-state index >= 15 is 0 Å². The Hall–Kier alpha value is -1.11. The fraction of sp³-hybridized carbons (Fsp3) is 0.538. The van der Waals surface area contributed by atoms with Crippen molar-refractivity contribution in [3.8, 4) is 0 Å². The molecule has 1 aromatic carbocycles. The smallest absolute Gasteiger partial charge is 0.218 e. The molecule has 0 saturated carbocycles. The van der Waals surface area contributed by atoms with Crippen LogP contribution in [0.1, 0.15) is 18.9 Å². The van der Waals surface area contributed by atoms with Crippen molar-refractivity contribution in [1.82, 2.24) is 4.31 Å². The summed E-state index contributed by atoms with van der Waals surface area (Å²) in [6, 6.07) is 6.82. The third kappa shape index (κ3) is 3.46. The van der Waals surface area contributed by atoms with E-state index in [4.69, 9.17) is 5.73 Å². The number of sulfonamides is 1. The second-order valence-corrected chi connectivity index (χ2v) is 7.16. The highest BCUT2D eigenvalue weighted by molar-refractivity contribution is 7.88. The van der Waals surface area contributed by atoms with Crippen LogP contribution in [0.2, 0.25) is 0 Å². The minimum Gasteiger partial charge on any atom is -0.399 e. The summed E-state index contributed by atoms with van der Waals surface area (Å²) >= 11 is 0. The Labute approximate surface area is 114 Å². The summed E-state index contributed by atoms with van der Waals surface area (Å²) in [6.07, 6.45) is 0.122. The number of aliphatic hydroxyl groups is 1. The summed E-state index contributed by atoms with van der Waals surface area (Å²) in [5, 5.41) is 9.79. The number of rotatable bonds is 3. The molecule has 3 N–H and O–H groups in total. The summed E-state index contributed by atoms with van der Waals surface area (Å²) in [5.41, 5.74) is 6.90. The van der Waals surface area contributed by atoms with Gasteiger partial charge in [0.1, 0.15) is 0 Å². The molecule has 0 spiro atoms. The lowest BCUT2D eigenvalue weighted by molar-refractivity contribution is 0.0604. The van der Waals surface area contributed by atoms with Gasteiger partial charge >= 0.3 is 0 Å². The highest BCUT2D eigenvalue weighted by atomic mass is 32.2. The number of benzene rings is 1. The van der Waals surface area contributed by atoms with Crippen LogP contribution in [0, 0.1) is 5.92 Å². The first-order chi connectivity index (χ1) is 8.88. The molecule has 1 aromatic rings. The SMILES string of the molecule is CC1CCN(S(=O)(=O)Cc2ccc(N)cc2)CC1O. The fourth-order valence-electron chi connectivity index (χ4n) is 2.19. The van der Waals surface area contributed by atoms with Crippen LogP contribution >= 0.6 is 0 Å². The number of aliphatic hydroxyl groups excluding tert-OH is 1. The van der Waals surface area contributed by atoms with Crippen LogP contribution in [0.25, 0.3) is 0 Å². The fourth-order valence-corrected chi connectivity index (χ4v) is 3.75. The summed E-state index contributed by atoms with van der Waals surface area (Å²) in [6.45, 7) is 2.61. The van der Waals surface area contributed by atoms with E-state index in [9.17, 15) is 13.5 Å². The zero-order valence-corrected chi connectivity index (χ0v) is 11.8. The molecule has 106 valence electrons. The molecule has 2 unspecified atom stereocenters. The molecule has 2 atom stereocenters. The molecule has 1 fully saturated rings. The second-order valence-electron chi connectivity index (χ2n) is 5.19. The van der Waals surface area contributed by atoms with Crippen LogP contribution in [0.3, 0.4) is 0 Å². The van der Waals surface area contributed by atoms with E-state index in [0.717, 1.165) is 0 Å². The van der Waals surface area contributed by atoms with Crippen LogP contribution in [0.4, 0.5) is 5.69 Å². The lowest BCUT2D eigenvalue weighted by atomic mass is 9.98.